The van der Waals surface area contributed by atoms with Crippen molar-refractivity contribution in [3.8, 4) is 5.75 Å². The van der Waals surface area contributed by atoms with Crippen LogP contribution in [0.5, 0.6) is 5.75 Å². The molecule has 0 aliphatic heterocycles. The zero-order chi connectivity index (χ0) is 17.9. The molecule has 0 bridgehead atoms. The number of nitrogens with one attached hydrogen (secondary N) is 1. The molecular weight excluding hydrogens is 314 g/mol. The third-order valence-corrected chi connectivity index (χ3v) is 5.79. The van der Waals surface area contributed by atoms with Crippen LogP contribution in [0.4, 0.5) is 5.69 Å². The molecule has 0 radical (unpaired) electrons. The monoisotopic (exact) mass is 345 g/mol. The first-order valence-corrected chi connectivity index (χ1v) is 9.66. The van der Waals surface area contributed by atoms with E-state index in [9.17, 15) is 4.79 Å². The van der Waals surface area contributed by atoms with Gasteiger partial charge in [-0.1, -0.05) is 13.3 Å². The van der Waals surface area contributed by atoms with Gasteiger partial charge in [-0.25, -0.2) is 0 Å². The summed E-state index contributed by atoms with van der Waals surface area (Å²) in [6, 6.07) is 5.91. The molecule has 1 N–H and O–H groups in total. The maximum absolute atomic E-state index is 12.9. The molecule has 4 nitrogen and oxygen atoms in total. The molecule has 2 fully saturated rings. The number of carbonyl (C=O) groups is 1. The number of hydrogen-bond donors (Lipinski definition) is 1. The number of benzene rings is 1. The smallest absolute Gasteiger partial charge is 0.256 e. The summed E-state index contributed by atoms with van der Waals surface area (Å²) >= 11 is 0. The van der Waals surface area contributed by atoms with Crippen molar-refractivity contribution in [3.05, 3.63) is 23.8 Å². The third-order valence-electron chi connectivity index (χ3n) is 5.79. The molecule has 2 atom stereocenters. The Labute approximate surface area is 151 Å². The third kappa shape index (κ3) is 4.17. The van der Waals surface area contributed by atoms with E-state index in [0.29, 0.717) is 12.0 Å². The van der Waals surface area contributed by atoms with Gasteiger partial charge in [-0.05, 0) is 81.5 Å². The zero-order valence-corrected chi connectivity index (χ0v) is 15.8. The molecule has 0 saturated heterocycles. The van der Waals surface area contributed by atoms with Crippen LogP contribution < -0.4 is 10.1 Å². The number of rotatable bonds is 5. The number of methoxy groups -OCH3 is 1. The van der Waals surface area contributed by atoms with Gasteiger partial charge in [-0.2, -0.15) is 0 Å². The van der Waals surface area contributed by atoms with E-state index in [1.54, 1.807) is 7.11 Å². The highest BCUT2D eigenvalue weighted by molar-refractivity contribution is 5.97. The van der Waals surface area contributed by atoms with Crippen molar-refractivity contribution in [1.82, 2.24) is 0 Å². The first kappa shape index (κ1) is 18.2. The number of anilines is 1. The number of aryl methyl sites for hydroxylation is 1. The summed E-state index contributed by atoms with van der Waals surface area (Å²) in [4.78, 5) is 12.9. The van der Waals surface area contributed by atoms with Gasteiger partial charge in [0.1, 0.15) is 11.4 Å². The highest BCUT2D eigenvalue weighted by atomic mass is 16.5. The Hall–Kier alpha value is -1.55. The Kier molecular flexibility index (Phi) is 5.67. The Bertz CT molecular complexity index is 609. The largest absolute Gasteiger partial charge is 0.490 e. The van der Waals surface area contributed by atoms with E-state index in [1.165, 1.54) is 19.3 Å². The average molecular weight is 345 g/mol. The molecule has 1 aromatic rings. The van der Waals surface area contributed by atoms with Crippen molar-refractivity contribution in [3.63, 3.8) is 0 Å². The van der Waals surface area contributed by atoms with Gasteiger partial charge in [-0.3, -0.25) is 4.79 Å². The van der Waals surface area contributed by atoms with Crippen LogP contribution in [0, 0.1) is 12.8 Å². The second-order valence-electron chi connectivity index (χ2n) is 7.86. The minimum absolute atomic E-state index is 0.0228. The molecular formula is C21H31NO3. The maximum atomic E-state index is 12.9. The summed E-state index contributed by atoms with van der Waals surface area (Å²) in [7, 11) is 1.65. The molecule has 1 aromatic carbocycles. The lowest BCUT2D eigenvalue weighted by atomic mass is 9.78. The van der Waals surface area contributed by atoms with Gasteiger partial charge in [0.2, 0.25) is 0 Å². The molecule has 25 heavy (non-hydrogen) atoms. The predicted octanol–water partition coefficient (Wildman–Crippen LogP) is 4.85. The van der Waals surface area contributed by atoms with Crippen LogP contribution in [0.3, 0.4) is 0 Å². The van der Waals surface area contributed by atoms with E-state index in [0.717, 1.165) is 49.1 Å². The maximum Gasteiger partial charge on any atom is 0.256 e. The van der Waals surface area contributed by atoms with E-state index in [1.807, 2.05) is 25.1 Å². The van der Waals surface area contributed by atoms with Crippen molar-refractivity contribution in [2.75, 3.05) is 12.4 Å². The summed E-state index contributed by atoms with van der Waals surface area (Å²) in [5.74, 6) is 1.42. The first-order valence-electron chi connectivity index (χ1n) is 9.66. The van der Waals surface area contributed by atoms with Crippen LogP contribution >= 0.6 is 0 Å². The molecule has 1 amide bonds. The molecule has 0 heterocycles. The Balaban J connectivity index is 1.67. The standard InChI is InChI=1S/C21H31NO3/c1-15-7-6-12-21(14-15,24-3)20(23)22-17-10-11-19(16(2)13-17)25-18-8-4-5-9-18/h10-11,13,15,18H,4-9,12,14H2,1-3H3,(H,22,23)/t15-,21+/m1/s1. The lowest BCUT2D eigenvalue weighted by Crippen LogP contribution is -2.47. The van der Waals surface area contributed by atoms with Crippen molar-refractivity contribution >= 4 is 11.6 Å². The number of carbonyl (C=O) groups excluding carboxylic acids is 1. The fraction of sp³-hybridized carbons (Fsp3) is 0.667. The van der Waals surface area contributed by atoms with E-state index in [-0.39, 0.29) is 5.91 Å². The van der Waals surface area contributed by atoms with Crippen LogP contribution in [-0.4, -0.2) is 24.7 Å². The van der Waals surface area contributed by atoms with E-state index in [4.69, 9.17) is 9.47 Å². The minimum Gasteiger partial charge on any atom is -0.490 e. The Morgan fingerprint density at radius 1 is 1.20 bits per heavy atom. The minimum atomic E-state index is -0.690. The van der Waals surface area contributed by atoms with Gasteiger partial charge in [0.25, 0.3) is 5.91 Å². The summed E-state index contributed by atoms with van der Waals surface area (Å²) < 4.78 is 11.8. The molecule has 3 rings (SSSR count). The number of hydrogen-bond acceptors (Lipinski definition) is 3. The molecule has 0 aromatic heterocycles. The lowest BCUT2D eigenvalue weighted by Gasteiger charge is -2.37. The molecule has 0 spiro atoms. The van der Waals surface area contributed by atoms with Crippen LogP contribution in [0.1, 0.15) is 63.9 Å². The van der Waals surface area contributed by atoms with Crippen molar-refractivity contribution < 1.29 is 14.3 Å². The highest BCUT2D eigenvalue weighted by Gasteiger charge is 2.42. The van der Waals surface area contributed by atoms with E-state index >= 15 is 0 Å². The normalized spacial score (nSPS) is 27.2. The topological polar surface area (TPSA) is 47.6 Å². The molecule has 2 aliphatic carbocycles. The highest BCUT2D eigenvalue weighted by Crippen LogP contribution is 2.36. The van der Waals surface area contributed by atoms with Crippen LogP contribution in [0.15, 0.2) is 18.2 Å². The SMILES string of the molecule is CO[C@@]1(C(=O)Nc2ccc(OC3CCCC3)c(C)c2)CCC[C@@H](C)C1. The van der Waals surface area contributed by atoms with Gasteiger partial charge in [0.15, 0.2) is 0 Å². The zero-order valence-electron chi connectivity index (χ0n) is 15.8. The number of ether oxygens (including phenoxy) is 2. The van der Waals surface area contributed by atoms with Crippen molar-refractivity contribution in [2.24, 2.45) is 5.92 Å². The van der Waals surface area contributed by atoms with E-state index < -0.39 is 5.60 Å². The van der Waals surface area contributed by atoms with Crippen LogP contribution in [0.2, 0.25) is 0 Å². The van der Waals surface area contributed by atoms with Gasteiger partial charge >= 0.3 is 0 Å². The summed E-state index contributed by atoms with van der Waals surface area (Å²) in [6.45, 7) is 4.23. The fourth-order valence-corrected chi connectivity index (χ4v) is 4.28. The van der Waals surface area contributed by atoms with Gasteiger partial charge in [0, 0.05) is 12.8 Å². The molecule has 2 saturated carbocycles. The van der Waals surface area contributed by atoms with Gasteiger partial charge < -0.3 is 14.8 Å². The molecule has 2 aliphatic rings. The van der Waals surface area contributed by atoms with Gasteiger partial charge in [-0.15, -0.1) is 0 Å². The van der Waals surface area contributed by atoms with Gasteiger partial charge in [0.05, 0.1) is 6.10 Å². The second kappa shape index (κ2) is 7.77. The second-order valence-corrected chi connectivity index (χ2v) is 7.86. The van der Waals surface area contributed by atoms with Crippen molar-refractivity contribution in [1.29, 1.82) is 0 Å². The first-order chi connectivity index (χ1) is 12.0. The predicted molar refractivity (Wildman–Crippen MR) is 100 cm³/mol. The van der Waals surface area contributed by atoms with E-state index in [2.05, 4.69) is 12.2 Å². The molecule has 4 heteroatoms. The average Bonchev–Trinajstić information content (AvgIpc) is 3.10. The Morgan fingerprint density at radius 3 is 2.60 bits per heavy atom. The number of amides is 1. The van der Waals surface area contributed by atoms with Crippen LogP contribution in [0.25, 0.3) is 0 Å². The quantitative estimate of drug-likeness (QED) is 0.830. The van der Waals surface area contributed by atoms with Crippen molar-refractivity contribution in [2.45, 2.75) is 76.9 Å². The summed E-state index contributed by atoms with van der Waals surface area (Å²) in [5.41, 5.74) is 1.19. The summed E-state index contributed by atoms with van der Waals surface area (Å²) in [5, 5.41) is 3.07. The summed E-state index contributed by atoms with van der Waals surface area (Å²) in [6.07, 6.45) is 8.95. The fourth-order valence-electron chi connectivity index (χ4n) is 4.28. The lowest BCUT2D eigenvalue weighted by molar-refractivity contribution is -0.143. The molecule has 0 unspecified atom stereocenters. The Morgan fingerprint density at radius 2 is 1.96 bits per heavy atom. The molecule has 138 valence electrons. The van der Waals surface area contributed by atoms with Crippen LogP contribution in [-0.2, 0) is 9.53 Å².